The van der Waals surface area contributed by atoms with Crippen molar-refractivity contribution >= 4 is 0 Å². The lowest BCUT2D eigenvalue weighted by Crippen LogP contribution is -2.32. The average Bonchev–Trinajstić information content (AvgIpc) is 2.49. The number of rotatable bonds is 2. The molecule has 23 heavy (non-hydrogen) atoms. The van der Waals surface area contributed by atoms with Gasteiger partial charge >= 0.3 is 6.18 Å². The van der Waals surface area contributed by atoms with Crippen LogP contribution in [0.5, 0.6) is 0 Å². The summed E-state index contributed by atoms with van der Waals surface area (Å²) in [6.45, 7) is 6.24. The molecule has 2 heterocycles. The highest BCUT2D eigenvalue weighted by atomic mass is 19.4. The Kier molecular flexibility index (Phi) is 4.10. The van der Waals surface area contributed by atoms with Crippen molar-refractivity contribution in [2.45, 2.75) is 39.5 Å². The van der Waals surface area contributed by atoms with E-state index in [4.69, 9.17) is 0 Å². The van der Waals surface area contributed by atoms with Crippen molar-refractivity contribution < 1.29 is 13.2 Å². The molecule has 0 radical (unpaired) electrons. The zero-order valence-corrected chi connectivity index (χ0v) is 13.1. The summed E-state index contributed by atoms with van der Waals surface area (Å²) in [4.78, 5) is 9.41. The summed E-state index contributed by atoms with van der Waals surface area (Å²) < 4.78 is 38.0. The Morgan fingerprint density at radius 2 is 1.87 bits per heavy atom. The summed E-state index contributed by atoms with van der Waals surface area (Å²) in [7, 11) is 0. The summed E-state index contributed by atoms with van der Waals surface area (Å²) >= 11 is 0. The smallest absolute Gasteiger partial charge is 0.294 e. The van der Waals surface area contributed by atoms with Gasteiger partial charge < -0.3 is 0 Å². The Balaban J connectivity index is 1.79. The second-order valence-corrected chi connectivity index (χ2v) is 5.99. The summed E-state index contributed by atoms with van der Waals surface area (Å²) in [5, 5.41) is 0. The number of hydrogen-bond donors (Lipinski definition) is 0. The van der Waals surface area contributed by atoms with Gasteiger partial charge in [-0.2, -0.15) is 13.2 Å². The molecule has 1 aromatic carbocycles. The molecule has 0 N–H and O–H groups in total. The summed E-state index contributed by atoms with van der Waals surface area (Å²) in [5.41, 5.74) is 5.06. The van der Waals surface area contributed by atoms with Crippen LogP contribution in [0.25, 0.3) is 0 Å². The molecule has 2 aromatic rings. The minimum absolute atomic E-state index is 0.519. The van der Waals surface area contributed by atoms with E-state index < -0.39 is 12.0 Å². The SMILES string of the molecule is Cc1cccc(C)c1CN1CCc2nc(C(F)(F)F)ncc2C1. The van der Waals surface area contributed by atoms with E-state index in [0.29, 0.717) is 25.2 Å². The first-order valence-corrected chi connectivity index (χ1v) is 7.54. The Labute approximate surface area is 133 Å². The predicted molar refractivity (Wildman–Crippen MR) is 80.8 cm³/mol. The number of halogens is 3. The van der Waals surface area contributed by atoms with Crippen molar-refractivity contribution in [2.75, 3.05) is 6.54 Å². The molecule has 0 saturated heterocycles. The molecule has 0 spiro atoms. The standard InChI is InChI=1S/C17H18F3N3/c1-11-4-3-5-12(2)14(11)10-23-7-6-15-13(9-23)8-21-16(22-15)17(18,19)20/h3-5,8H,6-7,9-10H2,1-2H3. The third-order valence-electron chi connectivity index (χ3n) is 4.29. The molecule has 1 aliphatic rings. The Bertz CT molecular complexity index is 705. The Morgan fingerprint density at radius 3 is 2.52 bits per heavy atom. The second kappa shape index (κ2) is 5.92. The largest absolute Gasteiger partial charge is 0.451 e. The molecule has 6 heteroatoms. The van der Waals surface area contributed by atoms with Gasteiger partial charge in [-0.3, -0.25) is 4.90 Å². The molecule has 0 unspecified atom stereocenters. The maximum Gasteiger partial charge on any atom is 0.451 e. The van der Waals surface area contributed by atoms with E-state index in [1.54, 1.807) is 0 Å². The van der Waals surface area contributed by atoms with Gasteiger partial charge in [0.15, 0.2) is 0 Å². The predicted octanol–water partition coefficient (Wildman–Crippen LogP) is 3.67. The van der Waals surface area contributed by atoms with E-state index in [1.165, 1.54) is 22.9 Å². The topological polar surface area (TPSA) is 29.0 Å². The maximum absolute atomic E-state index is 12.7. The van der Waals surface area contributed by atoms with E-state index in [1.807, 2.05) is 6.07 Å². The van der Waals surface area contributed by atoms with Crippen molar-refractivity contribution in [1.29, 1.82) is 0 Å². The minimum atomic E-state index is -4.48. The number of fused-ring (bicyclic) bond motifs is 1. The summed E-state index contributed by atoms with van der Waals surface area (Å²) in [6.07, 6.45) is -2.64. The van der Waals surface area contributed by atoms with Crippen LogP contribution in [0.2, 0.25) is 0 Å². The van der Waals surface area contributed by atoms with E-state index >= 15 is 0 Å². The lowest BCUT2D eigenvalue weighted by molar-refractivity contribution is -0.145. The molecule has 0 fully saturated rings. The lowest BCUT2D eigenvalue weighted by Gasteiger charge is -2.29. The normalized spacial score (nSPS) is 15.5. The maximum atomic E-state index is 12.7. The molecule has 0 aliphatic carbocycles. The summed E-state index contributed by atoms with van der Waals surface area (Å²) in [6, 6.07) is 6.20. The van der Waals surface area contributed by atoms with Crippen LogP contribution < -0.4 is 0 Å². The first-order chi connectivity index (χ1) is 10.8. The highest BCUT2D eigenvalue weighted by molar-refractivity contribution is 5.33. The average molecular weight is 321 g/mol. The zero-order chi connectivity index (χ0) is 16.6. The fourth-order valence-corrected chi connectivity index (χ4v) is 2.97. The number of aromatic nitrogens is 2. The van der Waals surface area contributed by atoms with Gasteiger partial charge in [-0.1, -0.05) is 18.2 Å². The van der Waals surface area contributed by atoms with Gasteiger partial charge in [0.05, 0.1) is 5.69 Å². The molecule has 1 aliphatic heterocycles. The van der Waals surface area contributed by atoms with E-state index in [-0.39, 0.29) is 0 Å². The van der Waals surface area contributed by atoms with Crippen molar-refractivity contribution in [2.24, 2.45) is 0 Å². The lowest BCUT2D eigenvalue weighted by atomic mass is 10.0. The molecular weight excluding hydrogens is 303 g/mol. The molecule has 3 nitrogen and oxygen atoms in total. The van der Waals surface area contributed by atoms with Gasteiger partial charge in [0, 0.05) is 37.8 Å². The molecule has 3 rings (SSSR count). The van der Waals surface area contributed by atoms with E-state index in [2.05, 4.69) is 40.8 Å². The van der Waals surface area contributed by atoms with Crippen LogP contribution in [0.4, 0.5) is 13.2 Å². The molecule has 1 aromatic heterocycles. The van der Waals surface area contributed by atoms with Crippen LogP contribution >= 0.6 is 0 Å². The molecule has 0 saturated carbocycles. The van der Waals surface area contributed by atoms with E-state index in [9.17, 15) is 13.2 Å². The Morgan fingerprint density at radius 1 is 1.17 bits per heavy atom. The van der Waals surface area contributed by atoms with Gasteiger partial charge in [0.1, 0.15) is 0 Å². The Hall–Kier alpha value is -1.95. The monoisotopic (exact) mass is 321 g/mol. The van der Waals surface area contributed by atoms with Crippen LogP contribution in [0.15, 0.2) is 24.4 Å². The van der Waals surface area contributed by atoms with Crippen molar-refractivity contribution in [1.82, 2.24) is 14.9 Å². The molecule has 0 amide bonds. The van der Waals surface area contributed by atoms with Crippen LogP contribution in [0, 0.1) is 13.8 Å². The number of aryl methyl sites for hydroxylation is 2. The molecule has 122 valence electrons. The van der Waals surface area contributed by atoms with Gasteiger partial charge in [-0.15, -0.1) is 0 Å². The van der Waals surface area contributed by atoms with Crippen LogP contribution in [-0.2, 0) is 25.7 Å². The van der Waals surface area contributed by atoms with Crippen molar-refractivity contribution in [3.63, 3.8) is 0 Å². The van der Waals surface area contributed by atoms with E-state index in [0.717, 1.165) is 12.1 Å². The number of hydrogen-bond acceptors (Lipinski definition) is 3. The number of nitrogens with zero attached hydrogens (tertiary/aromatic N) is 3. The van der Waals surface area contributed by atoms with Gasteiger partial charge in [-0.05, 0) is 30.5 Å². The first kappa shape index (κ1) is 15.9. The molecule has 0 atom stereocenters. The number of benzene rings is 1. The second-order valence-electron chi connectivity index (χ2n) is 5.99. The van der Waals surface area contributed by atoms with Crippen molar-refractivity contribution in [3.05, 3.63) is 58.2 Å². The third kappa shape index (κ3) is 3.37. The quantitative estimate of drug-likeness (QED) is 0.845. The fraction of sp³-hybridized carbons (Fsp3) is 0.412. The zero-order valence-electron chi connectivity index (χ0n) is 13.1. The minimum Gasteiger partial charge on any atom is -0.294 e. The summed E-state index contributed by atoms with van der Waals surface area (Å²) in [5.74, 6) is -1.04. The van der Waals surface area contributed by atoms with Gasteiger partial charge in [-0.25, -0.2) is 9.97 Å². The van der Waals surface area contributed by atoms with Crippen LogP contribution in [0.1, 0.15) is 33.8 Å². The number of alkyl halides is 3. The molecule has 0 bridgehead atoms. The third-order valence-corrected chi connectivity index (χ3v) is 4.29. The van der Waals surface area contributed by atoms with Gasteiger partial charge in [0.2, 0.25) is 5.82 Å². The fourth-order valence-electron chi connectivity index (χ4n) is 2.97. The highest BCUT2D eigenvalue weighted by Gasteiger charge is 2.35. The highest BCUT2D eigenvalue weighted by Crippen LogP contribution is 2.28. The first-order valence-electron chi connectivity index (χ1n) is 7.54. The van der Waals surface area contributed by atoms with Crippen LogP contribution in [0.3, 0.4) is 0 Å². The molecular formula is C17H18F3N3. The van der Waals surface area contributed by atoms with Gasteiger partial charge in [0.25, 0.3) is 0 Å². The van der Waals surface area contributed by atoms with Crippen LogP contribution in [-0.4, -0.2) is 21.4 Å². The van der Waals surface area contributed by atoms with Crippen molar-refractivity contribution in [3.8, 4) is 0 Å².